The fourth-order valence-corrected chi connectivity index (χ4v) is 2.16. The predicted molar refractivity (Wildman–Crippen MR) is 71.4 cm³/mol. The number of amides is 1. The Morgan fingerprint density at radius 3 is 2.57 bits per heavy atom. The lowest BCUT2D eigenvalue weighted by Crippen LogP contribution is -2.30. The molecule has 9 heteroatoms. The minimum atomic E-state index is -4.01. The third kappa shape index (κ3) is 4.17. The molecule has 0 saturated heterocycles. The zero-order valence-corrected chi connectivity index (χ0v) is 11.7. The van der Waals surface area contributed by atoms with Gasteiger partial charge >= 0.3 is 5.97 Å². The van der Waals surface area contributed by atoms with Crippen LogP contribution in [0.5, 0.6) is 5.75 Å². The van der Waals surface area contributed by atoms with Gasteiger partial charge < -0.3 is 15.2 Å². The monoisotopic (exact) mass is 314 g/mol. The highest BCUT2D eigenvalue weighted by atomic mass is 32.2. The van der Waals surface area contributed by atoms with Gasteiger partial charge in [0.2, 0.25) is 10.0 Å². The number of benzene rings is 1. The second kappa shape index (κ2) is 5.70. The molecule has 1 aromatic rings. The van der Waals surface area contributed by atoms with E-state index < -0.39 is 16.0 Å². The van der Waals surface area contributed by atoms with Gasteiger partial charge in [0.15, 0.2) is 6.61 Å². The van der Waals surface area contributed by atoms with E-state index >= 15 is 0 Å². The average molecular weight is 314 g/mol. The molecule has 0 heterocycles. The van der Waals surface area contributed by atoms with E-state index in [4.69, 9.17) is 15.0 Å². The molecule has 1 aliphatic rings. The van der Waals surface area contributed by atoms with Gasteiger partial charge in [-0.15, -0.1) is 0 Å². The van der Waals surface area contributed by atoms with Crippen LogP contribution in [0.3, 0.4) is 0 Å². The highest BCUT2D eigenvalue weighted by Gasteiger charge is 2.24. The number of aromatic carboxylic acids is 1. The topological polar surface area (TPSA) is 136 Å². The Morgan fingerprint density at radius 2 is 2.05 bits per heavy atom. The van der Waals surface area contributed by atoms with Crippen LogP contribution < -0.4 is 15.2 Å². The van der Waals surface area contributed by atoms with Crippen molar-refractivity contribution < 1.29 is 27.9 Å². The van der Waals surface area contributed by atoms with Crippen LogP contribution in [0.1, 0.15) is 23.2 Å². The maximum absolute atomic E-state index is 11.5. The number of primary sulfonamides is 1. The van der Waals surface area contributed by atoms with E-state index in [0.29, 0.717) is 0 Å². The summed E-state index contributed by atoms with van der Waals surface area (Å²) in [6.07, 6.45) is 1.85. The maximum Gasteiger partial charge on any atom is 0.339 e. The van der Waals surface area contributed by atoms with Gasteiger partial charge in [-0.2, -0.15) is 0 Å². The van der Waals surface area contributed by atoms with Crippen molar-refractivity contribution in [3.8, 4) is 5.75 Å². The van der Waals surface area contributed by atoms with Crippen molar-refractivity contribution in [2.24, 2.45) is 5.14 Å². The van der Waals surface area contributed by atoms with Gasteiger partial charge in [-0.25, -0.2) is 18.4 Å². The van der Waals surface area contributed by atoms with Crippen molar-refractivity contribution in [3.63, 3.8) is 0 Å². The molecular weight excluding hydrogens is 300 g/mol. The fraction of sp³-hybridized carbons (Fsp3) is 0.333. The number of hydrogen-bond acceptors (Lipinski definition) is 5. The van der Waals surface area contributed by atoms with E-state index in [1.165, 1.54) is 0 Å². The van der Waals surface area contributed by atoms with Crippen molar-refractivity contribution in [3.05, 3.63) is 23.8 Å². The first-order chi connectivity index (χ1) is 9.77. The second-order valence-corrected chi connectivity index (χ2v) is 6.20. The van der Waals surface area contributed by atoms with Crippen LogP contribution in [-0.2, 0) is 14.8 Å². The summed E-state index contributed by atoms with van der Waals surface area (Å²) in [5.74, 6) is -1.83. The molecule has 0 aliphatic heterocycles. The number of carbonyl (C=O) groups is 2. The van der Waals surface area contributed by atoms with Crippen LogP contribution in [0.4, 0.5) is 0 Å². The molecule has 4 N–H and O–H groups in total. The lowest BCUT2D eigenvalue weighted by molar-refractivity contribution is -0.123. The van der Waals surface area contributed by atoms with E-state index in [1.807, 2.05) is 0 Å². The van der Waals surface area contributed by atoms with Gasteiger partial charge in [0.1, 0.15) is 11.3 Å². The number of carbonyl (C=O) groups excluding carboxylic acids is 1. The van der Waals surface area contributed by atoms with Crippen molar-refractivity contribution in [2.75, 3.05) is 6.61 Å². The summed E-state index contributed by atoms with van der Waals surface area (Å²) >= 11 is 0. The number of carboxylic acid groups (broad SMARTS) is 1. The number of ether oxygens (including phenoxy) is 1. The summed E-state index contributed by atoms with van der Waals surface area (Å²) in [7, 11) is -4.01. The Hall–Kier alpha value is -2.13. The molecule has 8 nitrogen and oxygen atoms in total. The summed E-state index contributed by atoms with van der Waals surface area (Å²) in [6.45, 7) is -0.342. The van der Waals surface area contributed by atoms with Crippen LogP contribution in [0.2, 0.25) is 0 Å². The van der Waals surface area contributed by atoms with Crippen molar-refractivity contribution >= 4 is 21.9 Å². The summed E-state index contributed by atoms with van der Waals surface area (Å²) in [4.78, 5) is 22.3. The van der Waals surface area contributed by atoms with E-state index in [0.717, 1.165) is 31.0 Å². The molecule has 21 heavy (non-hydrogen) atoms. The smallest absolute Gasteiger partial charge is 0.339 e. The van der Waals surface area contributed by atoms with E-state index in [2.05, 4.69) is 5.32 Å². The Morgan fingerprint density at radius 1 is 1.38 bits per heavy atom. The molecule has 0 atom stereocenters. The van der Waals surface area contributed by atoms with E-state index in [9.17, 15) is 18.0 Å². The molecule has 0 radical (unpaired) electrons. The molecule has 1 saturated carbocycles. The molecule has 0 spiro atoms. The lowest BCUT2D eigenvalue weighted by Gasteiger charge is -2.10. The third-order valence-electron chi connectivity index (χ3n) is 2.81. The molecule has 1 aliphatic carbocycles. The third-order valence-corrected chi connectivity index (χ3v) is 3.72. The minimum absolute atomic E-state index is 0.0964. The molecule has 0 unspecified atom stereocenters. The minimum Gasteiger partial charge on any atom is -0.483 e. The van der Waals surface area contributed by atoms with E-state index in [1.54, 1.807) is 0 Å². The number of sulfonamides is 1. The molecule has 0 aromatic heterocycles. The summed E-state index contributed by atoms with van der Waals surface area (Å²) in [5, 5.41) is 16.7. The lowest BCUT2D eigenvalue weighted by atomic mass is 10.2. The Balaban J connectivity index is 2.14. The first kappa shape index (κ1) is 15.3. The zero-order valence-electron chi connectivity index (χ0n) is 10.9. The van der Waals surface area contributed by atoms with E-state index in [-0.39, 0.29) is 34.8 Å². The molecule has 1 amide bonds. The van der Waals surface area contributed by atoms with Crippen LogP contribution in [0.15, 0.2) is 23.1 Å². The largest absolute Gasteiger partial charge is 0.483 e. The Labute approximate surface area is 120 Å². The number of hydrogen-bond donors (Lipinski definition) is 3. The normalized spacial score (nSPS) is 14.5. The highest BCUT2D eigenvalue weighted by Crippen LogP contribution is 2.22. The molecule has 114 valence electrons. The van der Waals surface area contributed by atoms with Crippen molar-refractivity contribution in [2.45, 2.75) is 23.8 Å². The number of nitrogens with two attached hydrogens (primary N) is 1. The number of rotatable bonds is 6. The summed E-state index contributed by atoms with van der Waals surface area (Å²) in [5.41, 5.74) is -0.374. The van der Waals surface area contributed by atoms with Gasteiger partial charge in [0.05, 0.1) is 4.90 Å². The Bertz CT molecular complexity index is 681. The van der Waals surface area contributed by atoms with Gasteiger partial charge in [-0.1, -0.05) is 0 Å². The van der Waals surface area contributed by atoms with Gasteiger partial charge in [-0.05, 0) is 31.0 Å². The fourth-order valence-electron chi connectivity index (χ4n) is 1.62. The van der Waals surface area contributed by atoms with Crippen molar-refractivity contribution in [1.29, 1.82) is 0 Å². The zero-order chi connectivity index (χ0) is 15.6. The quantitative estimate of drug-likeness (QED) is 0.659. The first-order valence-corrected chi connectivity index (χ1v) is 7.64. The average Bonchev–Trinajstić information content (AvgIpc) is 3.18. The van der Waals surface area contributed by atoms with Gasteiger partial charge in [0, 0.05) is 6.04 Å². The molecule has 0 bridgehead atoms. The molecule has 2 rings (SSSR count). The van der Waals surface area contributed by atoms with Gasteiger partial charge in [-0.3, -0.25) is 4.79 Å². The first-order valence-electron chi connectivity index (χ1n) is 6.09. The van der Waals surface area contributed by atoms with Crippen molar-refractivity contribution in [1.82, 2.24) is 5.32 Å². The molecule has 1 fully saturated rings. The van der Waals surface area contributed by atoms with Crippen LogP contribution in [0, 0.1) is 0 Å². The van der Waals surface area contributed by atoms with Gasteiger partial charge in [0.25, 0.3) is 5.91 Å². The molecule has 1 aromatic carbocycles. The Kier molecular flexibility index (Phi) is 4.14. The number of carboxylic acids is 1. The highest BCUT2D eigenvalue weighted by molar-refractivity contribution is 7.89. The maximum atomic E-state index is 11.5. The SMILES string of the molecule is NS(=O)(=O)c1ccc(OCC(=O)NC2CC2)c(C(=O)O)c1. The summed E-state index contributed by atoms with van der Waals surface area (Å²) < 4.78 is 27.5. The second-order valence-electron chi connectivity index (χ2n) is 4.64. The predicted octanol–water partition coefficient (Wildman–Crippen LogP) is -0.310. The van der Waals surface area contributed by atoms with Crippen LogP contribution >= 0.6 is 0 Å². The molecular formula is C12H14N2O6S. The summed E-state index contributed by atoms with van der Waals surface area (Å²) in [6, 6.07) is 3.35. The standard InChI is InChI=1S/C12H14N2O6S/c13-21(18,19)8-3-4-10(9(5-8)12(16)17)20-6-11(15)14-7-1-2-7/h3-5,7H,1-2,6H2,(H,14,15)(H,16,17)(H2,13,18,19). The van der Waals surface area contributed by atoms with Crippen LogP contribution in [0.25, 0.3) is 0 Å². The van der Waals surface area contributed by atoms with Crippen LogP contribution in [-0.4, -0.2) is 38.0 Å². The number of nitrogens with one attached hydrogen (secondary N) is 1.